The summed E-state index contributed by atoms with van der Waals surface area (Å²) in [5.74, 6) is 6.97. The van der Waals surface area contributed by atoms with Gasteiger partial charge in [-0.2, -0.15) is 0 Å². The Kier molecular flexibility index (Phi) is 7.65. The fraction of sp³-hybridized carbons (Fsp3) is 0.522. The van der Waals surface area contributed by atoms with Crippen LogP contribution in [0.15, 0.2) is 30.4 Å². The minimum Gasteiger partial charge on any atom is -0.489 e. The van der Waals surface area contributed by atoms with Crippen molar-refractivity contribution in [1.29, 1.82) is 0 Å². The molecule has 0 bridgehead atoms. The van der Waals surface area contributed by atoms with E-state index in [1.807, 2.05) is 18.2 Å². The summed E-state index contributed by atoms with van der Waals surface area (Å²) in [4.78, 5) is 11.4. The zero-order valence-electron chi connectivity index (χ0n) is 16.8. The number of thioether (sulfide) groups is 1. The minimum atomic E-state index is -0.645. The van der Waals surface area contributed by atoms with Crippen LogP contribution >= 0.6 is 11.8 Å². The van der Waals surface area contributed by atoms with Gasteiger partial charge in [-0.15, -0.1) is 17.7 Å². The molecule has 156 valence electrons. The molecular formula is C23H28O5S. The van der Waals surface area contributed by atoms with E-state index < -0.39 is 11.5 Å². The largest absolute Gasteiger partial charge is 0.489 e. The van der Waals surface area contributed by atoms with Crippen molar-refractivity contribution in [3.8, 4) is 17.6 Å². The molecule has 5 atom stereocenters. The number of aliphatic hydroxyl groups is 2. The third-order valence-electron chi connectivity index (χ3n) is 5.54. The fourth-order valence-corrected chi connectivity index (χ4v) is 4.77. The van der Waals surface area contributed by atoms with Crippen molar-refractivity contribution in [3.63, 3.8) is 0 Å². The highest BCUT2D eigenvalue weighted by atomic mass is 32.2. The molecule has 1 heterocycles. The Morgan fingerprint density at radius 3 is 3.07 bits per heavy atom. The van der Waals surface area contributed by atoms with Crippen LogP contribution in [0.1, 0.15) is 43.2 Å². The fourth-order valence-electron chi connectivity index (χ4n) is 4.17. The number of para-hydroxylation sites is 1. The maximum Gasteiger partial charge on any atom is 0.305 e. The van der Waals surface area contributed by atoms with Crippen molar-refractivity contribution < 1.29 is 24.5 Å². The molecule has 29 heavy (non-hydrogen) atoms. The van der Waals surface area contributed by atoms with Crippen LogP contribution in [0.5, 0.6) is 5.75 Å². The standard InChI is InChI=1S/C23H28O5S/c1-3-4-13-29-21(26)12-11-16-18(24)14-19-22(16)17-9-5-7-15(23(17)28-19)8-6-10-20(25)27-2/h5,7,9,11-12,16,18-19,21-22,24,26H,6,8,10,13-14H2,1-2H3/b12-11+/t16-,18+,19-,21-,22?/m0/s1. The van der Waals surface area contributed by atoms with E-state index in [0.29, 0.717) is 25.0 Å². The van der Waals surface area contributed by atoms with Crippen LogP contribution in [0.2, 0.25) is 0 Å². The van der Waals surface area contributed by atoms with Gasteiger partial charge >= 0.3 is 5.97 Å². The number of ether oxygens (including phenoxy) is 2. The van der Waals surface area contributed by atoms with Crippen molar-refractivity contribution in [1.82, 2.24) is 0 Å². The van der Waals surface area contributed by atoms with E-state index in [1.54, 1.807) is 13.0 Å². The van der Waals surface area contributed by atoms with Crippen molar-refractivity contribution in [2.24, 2.45) is 5.92 Å². The Morgan fingerprint density at radius 2 is 2.31 bits per heavy atom. The molecule has 6 heteroatoms. The second-order valence-electron chi connectivity index (χ2n) is 7.34. The van der Waals surface area contributed by atoms with Gasteiger partial charge in [-0.25, -0.2) is 0 Å². The van der Waals surface area contributed by atoms with Crippen LogP contribution in [-0.4, -0.2) is 46.7 Å². The highest BCUT2D eigenvalue weighted by Gasteiger charge is 2.48. The summed E-state index contributed by atoms with van der Waals surface area (Å²) < 4.78 is 10.9. The molecule has 0 aromatic heterocycles. The quantitative estimate of drug-likeness (QED) is 0.294. The van der Waals surface area contributed by atoms with Gasteiger partial charge in [-0.3, -0.25) is 4.79 Å². The number of hydrogen-bond donors (Lipinski definition) is 2. The molecule has 0 saturated heterocycles. The smallest absolute Gasteiger partial charge is 0.305 e. The summed E-state index contributed by atoms with van der Waals surface area (Å²) in [6.07, 6.45) is 5.52. The first-order chi connectivity index (χ1) is 14.0. The first kappa shape index (κ1) is 21.8. The molecule has 1 fully saturated rings. The van der Waals surface area contributed by atoms with Crippen LogP contribution in [0.4, 0.5) is 0 Å². The molecule has 1 aliphatic heterocycles. The molecule has 5 nitrogen and oxygen atoms in total. The van der Waals surface area contributed by atoms with Crippen molar-refractivity contribution in [2.45, 2.75) is 56.2 Å². The van der Waals surface area contributed by atoms with Crippen molar-refractivity contribution in [2.75, 3.05) is 12.9 Å². The summed E-state index contributed by atoms with van der Waals surface area (Å²) in [6, 6.07) is 6.11. The lowest BCUT2D eigenvalue weighted by Crippen LogP contribution is -2.17. The number of aryl methyl sites for hydroxylation is 1. The zero-order valence-corrected chi connectivity index (χ0v) is 17.7. The zero-order chi connectivity index (χ0) is 20.8. The van der Waals surface area contributed by atoms with E-state index in [-0.39, 0.29) is 23.9 Å². The molecule has 3 rings (SSSR count). The summed E-state index contributed by atoms with van der Waals surface area (Å²) >= 11 is 1.36. The van der Waals surface area contributed by atoms with E-state index in [0.717, 1.165) is 23.3 Å². The van der Waals surface area contributed by atoms with Crippen LogP contribution in [0, 0.1) is 17.8 Å². The van der Waals surface area contributed by atoms with E-state index in [2.05, 4.69) is 17.9 Å². The van der Waals surface area contributed by atoms with Crippen LogP contribution in [0.3, 0.4) is 0 Å². The van der Waals surface area contributed by atoms with Gasteiger partial charge in [0.15, 0.2) is 0 Å². The van der Waals surface area contributed by atoms with Crippen LogP contribution < -0.4 is 4.74 Å². The SMILES string of the molecule is CC#CCS[C@H](O)/C=C/[C@@H]1C2c3cccc(CCCC(=O)OC)c3O[C@H]2C[C@H]1O. The summed E-state index contributed by atoms with van der Waals surface area (Å²) in [5.41, 5.74) is 1.55. The number of fused-ring (bicyclic) bond motifs is 3. The topological polar surface area (TPSA) is 76.0 Å². The number of carbonyl (C=O) groups is 1. The first-order valence-corrected chi connectivity index (χ1v) is 11.0. The third-order valence-corrected chi connectivity index (χ3v) is 6.35. The molecule has 1 saturated carbocycles. The number of hydrogen-bond acceptors (Lipinski definition) is 6. The Bertz CT molecular complexity index is 809. The van der Waals surface area contributed by atoms with Crippen molar-refractivity contribution in [3.05, 3.63) is 41.5 Å². The molecule has 0 spiro atoms. The van der Waals surface area contributed by atoms with Gasteiger partial charge in [0.1, 0.15) is 17.3 Å². The number of methoxy groups -OCH3 is 1. The summed E-state index contributed by atoms with van der Waals surface area (Å²) in [6.45, 7) is 1.78. The molecular weight excluding hydrogens is 388 g/mol. The van der Waals surface area contributed by atoms with Crippen LogP contribution in [-0.2, 0) is 16.0 Å². The van der Waals surface area contributed by atoms with E-state index in [9.17, 15) is 15.0 Å². The number of aliphatic hydroxyl groups excluding tert-OH is 2. The lowest BCUT2D eigenvalue weighted by molar-refractivity contribution is -0.140. The summed E-state index contributed by atoms with van der Waals surface area (Å²) in [7, 11) is 1.40. The Labute approximate surface area is 176 Å². The van der Waals surface area contributed by atoms with E-state index in [4.69, 9.17) is 9.47 Å². The molecule has 2 aliphatic rings. The predicted molar refractivity (Wildman–Crippen MR) is 114 cm³/mol. The normalized spacial score (nSPS) is 25.7. The van der Waals surface area contributed by atoms with Crippen LogP contribution in [0.25, 0.3) is 0 Å². The average Bonchev–Trinajstić information content (AvgIpc) is 3.21. The molecule has 1 unspecified atom stereocenters. The first-order valence-electron chi connectivity index (χ1n) is 9.96. The van der Waals surface area contributed by atoms with Crippen molar-refractivity contribution >= 4 is 17.7 Å². The number of rotatable bonds is 8. The second kappa shape index (κ2) is 10.2. The minimum absolute atomic E-state index is 0.0628. The second-order valence-corrected chi connectivity index (χ2v) is 8.45. The predicted octanol–water partition coefficient (Wildman–Crippen LogP) is 3.04. The summed E-state index contributed by atoms with van der Waals surface area (Å²) in [5, 5.41) is 20.7. The Hall–Kier alpha value is -1.94. The number of benzene rings is 1. The lowest BCUT2D eigenvalue weighted by Gasteiger charge is -2.18. The Morgan fingerprint density at radius 1 is 1.48 bits per heavy atom. The monoisotopic (exact) mass is 416 g/mol. The average molecular weight is 417 g/mol. The number of esters is 1. The maximum absolute atomic E-state index is 11.4. The van der Waals surface area contributed by atoms with Gasteiger partial charge in [-0.05, 0) is 31.4 Å². The van der Waals surface area contributed by atoms with Gasteiger partial charge in [0.05, 0.1) is 19.0 Å². The van der Waals surface area contributed by atoms with Gasteiger partial charge in [0.2, 0.25) is 0 Å². The van der Waals surface area contributed by atoms with Gasteiger partial charge in [0.25, 0.3) is 0 Å². The Balaban J connectivity index is 1.70. The highest BCUT2D eigenvalue weighted by molar-refractivity contribution is 8.00. The van der Waals surface area contributed by atoms with E-state index >= 15 is 0 Å². The maximum atomic E-state index is 11.4. The highest BCUT2D eigenvalue weighted by Crippen LogP contribution is 2.52. The molecule has 2 N–H and O–H groups in total. The number of carbonyl (C=O) groups excluding carboxylic acids is 1. The van der Waals surface area contributed by atoms with Gasteiger partial charge in [0, 0.05) is 30.2 Å². The third kappa shape index (κ3) is 5.16. The lowest BCUT2D eigenvalue weighted by atomic mass is 9.86. The molecule has 0 radical (unpaired) electrons. The molecule has 1 aromatic carbocycles. The van der Waals surface area contributed by atoms with E-state index in [1.165, 1.54) is 18.9 Å². The molecule has 1 aromatic rings. The molecule has 0 amide bonds. The van der Waals surface area contributed by atoms with Gasteiger partial charge in [-0.1, -0.05) is 30.2 Å². The van der Waals surface area contributed by atoms with Gasteiger partial charge < -0.3 is 19.7 Å². The molecule has 1 aliphatic carbocycles.